The van der Waals surface area contributed by atoms with Crippen LogP contribution in [0.4, 0.5) is 10.2 Å². The number of phenolic OH excluding ortho intramolecular Hbond substituents is 1. The average molecular weight is 423 g/mol. The van der Waals surface area contributed by atoms with E-state index < -0.39 is 6.17 Å². The molecule has 0 unspecified atom stereocenters. The van der Waals surface area contributed by atoms with Crippen LogP contribution in [0.3, 0.4) is 0 Å². The number of hydrogen-bond acceptors (Lipinski definition) is 7. The molecule has 8 heteroatoms. The molecule has 5 rings (SSSR count). The molecule has 0 radical (unpaired) electrons. The molecule has 2 bridgehead atoms. The molecule has 2 saturated heterocycles. The molecule has 4 heterocycles. The molecule has 0 spiro atoms. The third kappa shape index (κ3) is 3.76. The van der Waals surface area contributed by atoms with Crippen molar-refractivity contribution in [2.24, 2.45) is 0 Å². The molecule has 0 amide bonds. The number of anilines is 1. The van der Waals surface area contributed by atoms with Crippen LogP contribution in [0.2, 0.25) is 0 Å². The summed E-state index contributed by atoms with van der Waals surface area (Å²) < 4.78 is 20.5. The number of aromatic hydroxyl groups is 1. The summed E-state index contributed by atoms with van der Waals surface area (Å²) in [5.74, 6) is 1.86. The summed E-state index contributed by atoms with van der Waals surface area (Å²) in [7, 11) is 1.88. The van der Waals surface area contributed by atoms with E-state index in [2.05, 4.69) is 20.5 Å². The fourth-order valence-electron chi connectivity index (χ4n) is 4.75. The number of rotatable bonds is 4. The molecule has 31 heavy (non-hydrogen) atoms. The van der Waals surface area contributed by atoms with E-state index in [1.54, 1.807) is 24.4 Å². The average Bonchev–Trinajstić information content (AvgIpc) is 3.22. The van der Waals surface area contributed by atoms with Gasteiger partial charge in [-0.05, 0) is 56.5 Å². The van der Waals surface area contributed by atoms with Crippen LogP contribution in [-0.4, -0.2) is 51.6 Å². The number of fused-ring (bicyclic) bond motifs is 2. The Morgan fingerprint density at radius 3 is 2.77 bits per heavy atom. The fourth-order valence-corrected chi connectivity index (χ4v) is 4.75. The molecular formula is C23H26FN5O2. The first kappa shape index (κ1) is 19.9. The van der Waals surface area contributed by atoms with Crippen molar-refractivity contribution in [1.82, 2.24) is 20.5 Å². The first-order valence-corrected chi connectivity index (χ1v) is 10.7. The maximum Gasteiger partial charge on any atom is 0.226 e. The van der Waals surface area contributed by atoms with Crippen LogP contribution < -0.4 is 10.2 Å². The Morgan fingerprint density at radius 2 is 2.06 bits per heavy atom. The number of aromatic nitrogens is 3. The Labute approximate surface area is 180 Å². The molecule has 4 atom stereocenters. The van der Waals surface area contributed by atoms with Crippen molar-refractivity contribution >= 4 is 5.82 Å². The van der Waals surface area contributed by atoms with Crippen LogP contribution >= 0.6 is 0 Å². The van der Waals surface area contributed by atoms with Crippen molar-refractivity contribution in [3.63, 3.8) is 0 Å². The number of benzene rings is 1. The van der Waals surface area contributed by atoms with Crippen molar-refractivity contribution in [2.75, 3.05) is 11.9 Å². The van der Waals surface area contributed by atoms with Crippen molar-refractivity contribution in [3.8, 4) is 28.5 Å². The zero-order valence-electron chi connectivity index (χ0n) is 17.6. The van der Waals surface area contributed by atoms with Gasteiger partial charge in [-0.15, -0.1) is 10.2 Å². The van der Waals surface area contributed by atoms with E-state index in [9.17, 15) is 5.11 Å². The second-order valence-electron chi connectivity index (χ2n) is 8.54. The summed E-state index contributed by atoms with van der Waals surface area (Å²) in [4.78, 5) is 6.09. The van der Waals surface area contributed by atoms with Gasteiger partial charge in [0.05, 0.1) is 17.9 Å². The van der Waals surface area contributed by atoms with Gasteiger partial charge in [-0.25, -0.2) is 9.37 Å². The van der Waals surface area contributed by atoms with E-state index >= 15 is 4.39 Å². The minimum absolute atomic E-state index is 0.0683. The highest BCUT2D eigenvalue weighted by atomic mass is 19.1. The molecule has 7 nitrogen and oxygen atoms in total. The molecular weight excluding hydrogens is 397 g/mol. The summed E-state index contributed by atoms with van der Waals surface area (Å²) in [5, 5.41) is 22.6. The number of oxazole rings is 1. The van der Waals surface area contributed by atoms with Gasteiger partial charge in [0.2, 0.25) is 5.89 Å². The minimum atomic E-state index is -0.932. The third-order valence-corrected chi connectivity index (χ3v) is 6.45. The van der Waals surface area contributed by atoms with E-state index in [-0.39, 0.29) is 17.8 Å². The van der Waals surface area contributed by atoms with Crippen molar-refractivity contribution < 1.29 is 13.9 Å². The number of nitrogens with one attached hydrogen (secondary N) is 1. The smallest absolute Gasteiger partial charge is 0.226 e. The fraction of sp³-hybridized carbons (Fsp3) is 0.435. The van der Waals surface area contributed by atoms with E-state index in [1.807, 2.05) is 31.0 Å². The molecule has 2 fully saturated rings. The second-order valence-corrected chi connectivity index (χ2v) is 8.54. The highest BCUT2D eigenvalue weighted by molar-refractivity contribution is 5.71. The lowest BCUT2D eigenvalue weighted by Gasteiger charge is -2.46. The number of aryl methyl sites for hydroxylation is 1. The number of hydrogen-bond donors (Lipinski definition) is 2. The maximum absolute atomic E-state index is 15.0. The molecule has 1 aromatic carbocycles. The van der Waals surface area contributed by atoms with E-state index in [1.165, 1.54) is 0 Å². The Kier molecular flexibility index (Phi) is 5.09. The van der Waals surface area contributed by atoms with Gasteiger partial charge in [0.25, 0.3) is 0 Å². The first-order valence-electron chi connectivity index (χ1n) is 10.7. The molecule has 2 aliphatic rings. The van der Waals surface area contributed by atoms with Gasteiger partial charge in [0.15, 0.2) is 5.82 Å². The molecule has 2 aromatic heterocycles. The van der Waals surface area contributed by atoms with E-state index in [4.69, 9.17) is 4.42 Å². The Hall–Kier alpha value is -3.00. The van der Waals surface area contributed by atoms with Crippen molar-refractivity contribution in [3.05, 3.63) is 42.3 Å². The lowest BCUT2D eigenvalue weighted by Crippen LogP contribution is -2.61. The SMILES string of the molecule is Cc1cnc(-c2ccc(-c3ccc(N(C)[C@@H]4C[C@H]5CCC[C@H](N5)[C@@H]4F)nn3)c(O)c2)o1. The van der Waals surface area contributed by atoms with Gasteiger partial charge in [0.1, 0.15) is 17.7 Å². The van der Waals surface area contributed by atoms with Gasteiger partial charge < -0.3 is 19.7 Å². The molecule has 3 aromatic rings. The van der Waals surface area contributed by atoms with Crippen LogP contribution in [0, 0.1) is 6.92 Å². The lowest BCUT2D eigenvalue weighted by molar-refractivity contribution is 0.107. The normalized spacial score (nSPS) is 25.4. The highest BCUT2D eigenvalue weighted by Gasteiger charge is 2.41. The Balaban J connectivity index is 1.35. The van der Waals surface area contributed by atoms with Crippen LogP contribution in [0.1, 0.15) is 31.4 Å². The predicted molar refractivity (Wildman–Crippen MR) is 116 cm³/mol. The minimum Gasteiger partial charge on any atom is -0.507 e. The number of phenols is 1. The van der Waals surface area contributed by atoms with Gasteiger partial charge in [0, 0.05) is 30.3 Å². The monoisotopic (exact) mass is 423 g/mol. The lowest BCUT2D eigenvalue weighted by atomic mass is 9.82. The van der Waals surface area contributed by atoms with Crippen LogP contribution in [0.5, 0.6) is 5.75 Å². The van der Waals surface area contributed by atoms with Crippen molar-refractivity contribution in [1.29, 1.82) is 0 Å². The van der Waals surface area contributed by atoms with Gasteiger partial charge >= 0.3 is 0 Å². The van der Waals surface area contributed by atoms with E-state index in [0.29, 0.717) is 40.3 Å². The summed E-state index contributed by atoms with van der Waals surface area (Å²) in [6.07, 6.45) is 4.54. The summed E-state index contributed by atoms with van der Waals surface area (Å²) >= 11 is 0. The topological polar surface area (TPSA) is 87.3 Å². The van der Waals surface area contributed by atoms with Gasteiger partial charge in [-0.1, -0.05) is 6.42 Å². The summed E-state index contributed by atoms with van der Waals surface area (Å²) in [5.41, 5.74) is 1.79. The number of alkyl halides is 1. The van der Waals surface area contributed by atoms with Gasteiger partial charge in [-0.3, -0.25) is 0 Å². The first-order chi connectivity index (χ1) is 15.0. The quantitative estimate of drug-likeness (QED) is 0.659. The number of halogens is 1. The molecule has 162 valence electrons. The number of nitrogens with zero attached hydrogens (tertiary/aromatic N) is 4. The van der Waals surface area contributed by atoms with Gasteiger partial charge in [-0.2, -0.15) is 0 Å². The largest absolute Gasteiger partial charge is 0.507 e. The second kappa shape index (κ2) is 7.92. The highest BCUT2D eigenvalue weighted by Crippen LogP contribution is 2.34. The third-order valence-electron chi connectivity index (χ3n) is 6.45. The predicted octanol–water partition coefficient (Wildman–Crippen LogP) is 3.87. The summed E-state index contributed by atoms with van der Waals surface area (Å²) in [6, 6.07) is 8.91. The standard InChI is InChI=1S/C23H26FN5O2/c1-13-12-25-23(31-13)14-6-7-16(20(30)10-14)17-8-9-21(28-27-17)29(2)19-11-15-4-3-5-18(26-15)22(19)24/h6-10,12,15,18-19,22,26,30H,3-5,11H2,1-2H3/t15-,18+,19-,22+/m1/s1. The van der Waals surface area contributed by atoms with Crippen LogP contribution in [-0.2, 0) is 0 Å². The molecule has 2 aliphatic heterocycles. The molecule has 0 aliphatic carbocycles. The zero-order chi connectivity index (χ0) is 21.5. The molecule has 2 N–H and O–H groups in total. The van der Waals surface area contributed by atoms with Crippen LogP contribution in [0.25, 0.3) is 22.7 Å². The van der Waals surface area contributed by atoms with Crippen molar-refractivity contribution in [2.45, 2.75) is 56.9 Å². The summed E-state index contributed by atoms with van der Waals surface area (Å²) in [6.45, 7) is 1.82. The molecule has 0 saturated carbocycles. The Bertz CT molecular complexity index is 1070. The maximum atomic E-state index is 15.0. The number of piperidine rings is 2. The zero-order valence-corrected chi connectivity index (χ0v) is 17.6. The van der Waals surface area contributed by atoms with Crippen LogP contribution in [0.15, 0.2) is 40.9 Å². The Morgan fingerprint density at radius 1 is 1.19 bits per heavy atom. The van der Waals surface area contributed by atoms with E-state index in [0.717, 1.165) is 25.7 Å².